The molecule has 0 bridgehead atoms. The maximum absolute atomic E-state index is 3.56. The SMILES string of the molecule is CCCC#Cc1cc(C#CCCC)c(I)cc1Br. The second-order valence-electron chi connectivity index (χ2n) is 3.92. The van der Waals surface area contributed by atoms with E-state index in [-0.39, 0.29) is 0 Å². The van der Waals surface area contributed by atoms with Crippen LogP contribution in [0.3, 0.4) is 0 Å². The van der Waals surface area contributed by atoms with Crippen LogP contribution >= 0.6 is 38.5 Å². The zero-order valence-corrected chi connectivity index (χ0v) is 14.5. The minimum absolute atomic E-state index is 0.940. The molecule has 0 N–H and O–H groups in total. The molecule has 1 aromatic rings. The summed E-state index contributed by atoms with van der Waals surface area (Å²) in [5, 5.41) is 0. The third-order valence-corrected chi connectivity index (χ3v) is 3.80. The van der Waals surface area contributed by atoms with Crippen molar-refractivity contribution in [2.75, 3.05) is 0 Å². The number of hydrogen-bond donors (Lipinski definition) is 0. The Labute approximate surface area is 132 Å². The van der Waals surface area contributed by atoms with Crippen LogP contribution in [0.15, 0.2) is 16.6 Å². The van der Waals surface area contributed by atoms with Gasteiger partial charge in [-0.3, -0.25) is 0 Å². The maximum atomic E-state index is 3.56. The highest BCUT2D eigenvalue weighted by molar-refractivity contribution is 14.1. The summed E-state index contributed by atoms with van der Waals surface area (Å²) in [6.45, 7) is 4.28. The van der Waals surface area contributed by atoms with Gasteiger partial charge in [0.2, 0.25) is 0 Å². The van der Waals surface area contributed by atoms with Crippen LogP contribution in [0, 0.1) is 27.3 Å². The van der Waals surface area contributed by atoms with E-state index in [4.69, 9.17) is 0 Å². The standard InChI is InChI=1S/C16H16BrI/c1-3-5-7-9-13-11-14(10-8-6-4-2)16(18)12-15(13)17/h11-12H,3-6H2,1-2H3. The molecule has 0 atom stereocenters. The molecule has 0 aliphatic rings. The first-order valence-electron chi connectivity index (χ1n) is 6.15. The van der Waals surface area contributed by atoms with Crippen molar-refractivity contribution in [1.82, 2.24) is 0 Å². The predicted molar refractivity (Wildman–Crippen MR) is 90.4 cm³/mol. The van der Waals surface area contributed by atoms with Crippen LogP contribution in [0.5, 0.6) is 0 Å². The van der Waals surface area contributed by atoms with E-state index in [0.29, 0.717) is 0 Å². The second-order valence-corrected chi connectivity index (χ2v) is 5.93. The lowest BCUT2D eigenvalue weighted by atomic mass is 10.1. The third-order valence-electron chi connectivity index (χ3n) is 2.25. The van der Waals surface area contributed by atoms with Gasteiger partial charge in [-0.2, -0.15) is 0 Å². The highest BCUT2D eigenvalue weighted by Gasteiger charge is 2.03. The molecule has 0 aliphatic heterocycles. The molecule has 18 heavy (non-hydrogen) atoms. The van der Waals surface area contributed by atoms with Crippen molar-refractivity contribution in [1.29, 1.82) is 0 Å². The molecule has 0 spiro atoms. The summed E-state index contributed by atoms with van der Waals surface area (Å²) in [5.41, 5.74) is 2.11. The summed E-state index contributed by atoms with van der Waals surface area (Å²) in [5.74, 6) is 12.8. The Morgan fingerprint density at radius 3 is 2.11 bits per heavy atom. The lowest BCUT2D eigenvalue weighted by Gasteiger charge is -2.01. The summed E-state index contributed by atoms with van der Waals surface area (Å²) in [6, 6.07) is 4.17. The van der Waals surface area contributed by atoms with Crippen molar-refractivity contribution in [3.63, 3.8) is 0 Å². The number of hydrogen-bond acceptors (Lipinski definition) is 0. The monoisotopic (exact) mass is 414 g/mol. The van der Waals surface area contributed by atoms with Gasteiger partial charge in [0, 0.05) is 32.0 Å². The molecule has 94 valence electrons. The van der Waals surface area contributed by atoms with E-state index in [1.54, 1.807) is 0 Å². The second kappa shape index (κ2) is 8.62. The van der Waals surface area contributed by atoms with E-state index in [1.807, 2.05) is 0 Å². The number of rotatable bonds is 2. The molecule has 0 aromatic heterocycles. The van der Waals surface area contributed by atoms with Gasteiger partial charge in [-0.25, -0.2) is 0 Å². The molecule has 0 saturated heterocycles. The molecule has 0 radical (unpaired) electrons. The minimum atomic E-state index is 0.940. The lowest BCUT2D eigenvalue weighted by Crippen LogP contribution is -1.87. The van der Waals surface area contributed by atoms with Crippen molar-refractivity contribution in [2.24, 2.45) is 0 Å². The van der Waals surface area contributed by atoms with Crippen LogP contribution in [0.2, 0.25) is 0 Å². The molecule has 1 rings (SSSR count). The van der Waals surface area contributed by atoms with E-state index >= 15 is 0 Å². The molecule has 2 heteroatoms. The summed E-state index contributed by atoms with van der Waals surface area (Å²) in [6.07, 6.45) is 4.08. The van der Waals surface area contributed by atoms with E-state index in [1.165, 1.54) is 3.57 Å². The highest BCUT2D eigenvalue weighted by Crippen LogP contribution is 2.22. The van der Waals surface area contributed by atoms with Gasteiger partial charge in [-0.1, -0.05) is 37.5 Å². The maximum Gasteiger partial charge on any atom is 0.0400 e. The normalized spacial score (nSPS) is 9.11. The first-order valence-corrected chi connectivity index (χ1v) is 8.03. The molecule has 0 unspecified atom stereocenters. The van der Waals surface area contributed by atoms with Gasteiger partial charge in [0.05, 0.1) is 0 Å². The molecular weight excluding hydrogens is 399 g/mol. The van der Waals surface area contributed by atoms with Gasteiger partial charge in [-0.15, -0.1) is 0 Å². The summed E-state index contributed by atoms with van der Waals surface area (Å²) >= 11 is 5.88. The molecule has 0 saturated carbocycles. The van der Waals surface area contributed by atoms with Crippen LogP contribution in [-0.4, -0.2) is 0 Å². The van der Waals surface area contributed by atoms with Gasteiger partial charge < -0.3 is 0 Å². The molecule has 0 fully saturated rings. The predicted octanol–water partition coefficient (Wildman–Crippen LogP) is 5.36. The third kappa shape index (κ3) is 5.04. The molecule has 0 amide bonds. The topological polar surface area (TPSA) is 0 Å². The molecule has 1 aromatic carbocycles. The zero-order chi connectivity index (χ0) is 13.4. The largest absolute Gasteiger partial charge is 0.0979 e. The van der Waals surface area contributed by atoms with E-state index in [9.17, 15) is 0 Å². The highest BCUT2D eigenvalue weighted by atomic mass is 127. The molecule has 0 nitrogen and oxygen atoms in total. The van der Waals surface area contributed by atoms with E-state index in [2.05, 4.69) is 88.2 Å². The van der Waals surface area contributed by atoms with Crippen LogP contribution in [0.1, 0.15) is 50.7 Å². The van der Waals surface area contributed by atoms with E-state index < -0.39 is 0 Å². The van der Waals surface area contributed by atoms with Crippen LogP contribution < -0.4 is 0 Å². The van der Waals surface area contributed by atoms with Gasteiger partial charge in [0.25, 0.3) is 0 Å². The van der Waals surface area contributed by atoms with Crippen molar-refractivity contribution in [3.8, 4) is 23.7 Å². The Hall–Kier alpha value is -0.450. The summed E-state index contributed by atoms with van der Waals surface area (Å²) in [7, 11) is 0. The van der Waals surface area contributed by atoms with Crippen LogP contribution in [-0.2, 0) is 0 Å². The minimum Gasteiger partial charge on any atom is -0.0979 e. The number of halogens is 2. The Bertz CT molecular complexity index is 478. The lowest BCUT2D eigenvalue weighted by molar-refractivity contribution is 0.983. The molecule has 0 heterocycles. The Morgan fingerprint density at radius 1 is 1.00 bits per heavy atom. The summed E-state index contributed by atoms with van der Waals surface area (Å²) < 4.78 is 2.22. The average molecular weight is 415 g/mol. The smallest absolute Gasteiger partial charge is 0.0400 e. The first-order chi connectivity index (χ1) is 8.69. The van der Waals surface area contributed by atoms with Crippen molar-refractivity contribution >= 4 is 38.5 Å². The van der Waals surface area contributed by atoms with Gasteiger partial charge in [0.1, 0.15) is 0 Å². The zero-order valence-electron chi connectivity index (χ0n) is 10.7. The van der Waals surface area contributed by atoms with Gasteiger partial charge in [-0.05, 0) is 63.5 Å². The Morgan fingerprint density at radius 2 is 1.56 bits per heavy atom. The van der Waals surface area contributed by atoms with Gasteiger partial charge >= 0.3 is 0 Å². The number of benzene rings is 1. The van der Waals surface area contributed by atoms with Crippen LogP contribution in [0.25, 0.3) is 0 Å². The van der Waals surface area contributed by atoms with Crippen LogP contribution in [0.4, 0.5) is 0 Å². The summed E-state index contributed by atoms with van der Waals surface area (Å²) in [4.78, 5) is 0. The molecule has 0 aliphatic carbocycles. The molecular formula is C16H16BrI. The fourth-order valence-electron chi connectivity index (χ4n) is 1.31. The van der Waals surface area contributed by atoms with Crippen molar-refractivity contribution in [3.05, 3.63) is 31.3 Å². The quantitative estimate of drug-likeness (QED) is 0.451. The van der Waals surface area contributed by atoms with Crippen molar-refractivity contribution in [2.45, 2.75) is 39.5 Å². The van der Waals surface area contributed by atoms with E-state index in [0.717, 1.165) is 41.3 Å². The average Bonchev–Trinajstić information content (AvgIpc) is 2.34. The first kappa shape index (κ1) is 15.6. The fraction of sp³-hybridized carbons (Fsp3) is 0.375. The number of unbranched alkanes of at least 4 members (excludes halogenated alkanes) is 2. The van der Waals surface area contributed by atoms with Gasteiger partial charge in [0.15, 0.2) is 0 Å². The van der Waals surface area contributed by atoms with Crippen molar-refractivity contribution < 1.29 is 0 Å². The fourth-order valence-corrected chi connectivity index (χ4v) is 2.78. The Kier molecular flexibility index (Phi) is 7.47. The Balaban J connectivity index is 3.04.